The number of fused-ring (bicyclic) bond motifs is 1. The number of rotatable bonds is 7. The molecule has 2 saturated carbocycles. The van der Waals surface area contributed by atoms with Gasteiger partial charge in [-0.15, -0.1) is 29.9 Å². The molecule has 2 aliphatic carbocycles. The van der Waals surface area contributed by atoms with E-state index < -0.39 is 6.09 Å². The second-order valence-corrected chi connectivity index (χ2v) is 11.7. The number of hydroxylamine groups is 2. The Balaban J connectivity index is 0.00000202. The number of halogens is 3. The number of imidazole rings is 1. The first-order valence-corrected chi connectivity index (χ1v) is 14.9. The third-order valence-electron chi connectivity index (χ3n) is 8.36. The van der Waals surface area contributed by atoms with E-state index in [1.165, 1.54) is 12.8 Å². The quantitative estimate of drug-likeness (QED) is 0.239. The smallest absolute Gasteiger partial charge is 0.365 e. The van der Waals surface area contributed by atoms with Crippen molar-refractivity contribution in [3.63, 3.8) is 0 Å². The summed E-state index contributed by atoms with van der Waals surface area (Å²) >= 11 is 6.14. The molecule has 42 heavy (non-hydrogen) atoms. The molecule has 1 amide bonds. The van der Waals surface area contributed by atoms with E-state index in [4.69, 9.17) is 37.1 Å². The number of aromatic nitrogens is 4. The average Bonchev–Trinajstić information content (AvgIpc) is 3.63. The predicted molar refractivity (Wildman–Crippen MR) is 171 cm³/mol. The molecule has 230 valence electrons. The van der Waals surface area contributed by atoms with Crippen LogP contribution in [0.4, 0.5) is 22.2 Å². The van der Waals surface area contributed by atoms with Crippen LogP contribution in [0, 0.1) is 0 Å². The van der Waals surface area contributed by atoms with Crippen LogP contribution in [0.5, 0.6) is 0 Å². The third-order valence-corrected chi connectivity index (χ3v) is 8.69. The summed E-state index contributed by atoms with van der Waals surface area (Å²) in [6.07, 6.45) is 11.8. The standard InChI is InChI=1S/C28H38ClN9O2.2ClH/c29-22-7-3-4-8-23(22)34-28(39)40-37-15-13-20(14-16-37)32-25-24-26(38(17-31-24)21-5-1-2-6-21)36-27(35-25)33-19-11-9-18(30)10-12-19;;/h3-4,7-8,17-21H,1-2,5-6,9-16,30H2,(H,34,39)(H2,32,33,35,36);2*1H. The molecular formula is C28H40Cl3N9O2. The fourth-order valence-electron chi connectivity index (χ4n) is 6.07. The van der Waals surface area contributed by atoms with Crippen LogP contribution in [0.15, 0.2) is 30.6 Å². The van der Waals surface area contributed by atoms with Crippen molar-refractivity contribution < 1.29 is 9.63 Å². The number of amides is 1. The molecule has 6 rings (SSSR count). The summed E-state index contributed by atoms with van der Waals surface area (Å²) in [6.45, 7) is 1.21. The molecule has 0 spiro atoms. The van der Waals surface area contributed by atoms with Crippen LogP contribution in [0.25, 0.3) is 11.2 Å². The van der Waals surface area contributed by atoms with Gasteiger partial charge in [-0.05, 0) is 63.5 Å². The first-order valence-electron chi connectivity index (χ1n) is 14.5. The van der Waals surface area contributed by atoms with Gasteiger partial charge in [0.05, 0.1) is 17.0 Å². The van der Waals surface area contributed by atoms with Crippen LogP contribution >= 0.6 is 36.4 Å². The summed E-state index contributed by atoms with van der Waals surface area (Å²) in [7, 11) is 0. The zero-order valence-electron chi connectivity index (χ0n) is 23.5. The zero-order chi connectivity index (χ0) is 27.5. The molecule has 1 aliphatic heterocycles. The Morgan fingerprint density at radius 1 is 0.929 bits per heavy atom. The summed E-state index contributed by atoms with van der Waals surface area (Å²) in [5, 5.41) is 12.1. The van der Waals surface area contributed by atoms with Gasteiger partial charge in [0.1, 0.15) is 0 Å². The van der Waals surface area contributed by atoms with Crippen molar-refractivity contribution in [2.45, 2.75) is 88.4 Å². The number of hydrogen-bond donors (Lipinski definition) is 4. The fourth-order valence-corrected chi connectivity index (χ4v) is 6.26. The number of anilines is 3. The Labute approximate surface area is 263 Å². The van der Waals surface area contributed by atoms with E-state index in [9.17, 15) is 4.79 Å². The molecule has 0 radical (unpaired) electrons. The van der Waals surface area contributed by atoms with Crippen molar-refractivity contribution >= 4 is 71.1 Å². The average molecular weight is 641 g/mol. The second-order valence-electron chi connectivity index (χ2n) is 11.2. The number of hydrogen-bond acceptors (Lipinski definition) is 9. The lowest BCUT2D eigenvalue weighted by atomic mass is 9.92. The van der Waals surface area contributed by atoms with Crippen molar-refractivity contribution in [3.05, 3.63) is 35.6 Å². The molecule has 2 aromatic heterocycles. The minimum Gasteiger partial charge on any atom is -0.365 e. The van der Waals surface area contributed by atoms with Crippen molar-refractivity contribution in [3.8, 4) is 0 Å². The van der Waals surface area contributed by atoms with Gasteiger partial charge in [0, 0.05) is 37.3 Å². The molecule has 0 atom stereocenters. The Hall–Kier alpha value is -2.57. The van der Waals surface area contributed by atoms with Gasteiger partial charge in [-0.25, -0.2) is 9.78 Å². The predicted octanol–water partition coefficient (Wildman–Crippen LogP) is 6.16. The molecule has 3 fully saturated rings. The van der Waals surface area contributed by atoms with Gasteiger partial charge in [-0.2, -0.15) is 9.97 Å². The summed E-state index contributed by atoms with van der Waals surface area (Å²) in [4.78, 5) is 32.5. The molecule has 3 heterocycles. The van der Waals surface area contributed by atoms with Crippen LogP contribution in [0.1, 0.15) is 70.3 Å². The maximum absolute atomic E-state index is 12.4. The zero-order valence-corrected chi connectivity index (χ0v) is 25.9. The van der Waals surface area contributed by atoms with Gasteiger partial charge in [0.15, 0.2) is 17.0 Å². The first kappa shape index (κ1) is 32.3. The molecule has 0 bridgehead atoms. The van der Waals surface area contributed by atoms with E-state index in [1.807, 2.05) is 18.5 Å². The molecule has 1 aromatic carbocycles. The van der Waals surface area contributed by atoms with Crippen molar-refractivity contribution in [2.24, 2.45) is 5.73 Å². The number of nitrogens with zero attached hydrogens (tertiary/aromatic N) is 5. The van der Waals surface area contributed by atoms with Crippen LogP contribution in [0.2, 0.25) is 5.02 Å². The van der Waals surface area contributed by atoms with Crippen molar-refractivity contribution in [2.75, 3.05) is 29.0 Å². The van der Waals surface area contributed by atoms with E-state index in [0.29, 0.717) is 47.9 Å². The molecule has 3 aliphatic rings. The normalized spacial score (nSPS) is 21.8. The maximum atomic E-state index is 12.4. The van der Waals surface area contributed by atoms with E-state index in [-0.39, 0.29) is 30.9 Å². The van der Waals surface area contributed by atoms with Gasteiger partial charge >= 0.3 is 6.09 Å². The molecular weight excluding hydrogens is 601 g/mol. The lowest BCUT2D eigenvalue weighted by Crippen LogP contribution is -2.41. The summed E-state index contributed by atoms with van der Waals surface area (Å²) < 4.78 is 2.24. The summed E-state index contributed by atoms with van der Waals surface area (Å²) in [5.74, 6) is 1.40. The Morgan fingerprint density at radius 2 is 1.62 bits per heavy atom. The van der Waals surface area contributed by atoms with Crippen molar-refractivity contribution in [1.29, 1.82) is 0 Å². The topological polar surface area (TPSA) is 135 Å². The third kappa shape index (κ3) is 7.68. The monoisotopic (exact) mass is 639 g/mol. The first-order chi connectivity index (χ1) is 19.5. The molecule has 0 unspecified atom stereocenters. The van der Waals surface area contributed by atoms with Crippen LogP contribution in [-0.2, 0) is 4.84 Å². The lowest BCUT2D eigenvalue weighted by molar-refractivity contribution is -0.106. The van der Waals surface area contributed by atoms with Gasteiger partial charge in [0.2, 0.25) is 5.95 Å². The van der Waals surface area contributed by atoms with Crippen LogP contribution < -0.4 is 21.7 Å². The van der Waals surface area contributed by atoms with E-state index in [2.05, 4.69) is 20.5 Å². The minimum atomic E-state index is -0.547. The maximum Gasteiger partial charge on any atom is 0.430 e. The summed E-state index contributed by atoms with van der Waals surface area (Å²) in [5.41, 5.74) is 8.34. The Bertz CT molecular complexity index is 1320. The highest BCUT2D eigenvalue weighted by Crippen LogP contribution is 2.34. The SMILES string of the molecule is Cl.Cl.NC1CCC(Nc2nc(NC3CCN(OC(=O)Nc4ccccc4Cl)CC3)c3ncn(C4CCCC4)c3n2)CC1. The van der Waals surface area contributed by atoms with E-state index >= 15 is 0 Å². The highest BCUT2D eigenvalue weighted by molar-refractivity contribution is 6.33. The second kappa shape index (κ2) is 14.7. The van der Waals surface area contributed by atoms with Crippen molar-refractivity contribution in [1.82, 2.24) is 24.6 Å². The molecule has 11 nitrogen and oxygen atoms in total. The number of para-hydroxylation sites is 1. The van der Waals surface area contributed by atoms with Crippen LogP contribution in [0.3, 0.4) is 0 Å². The molecule has 14 heteroatoms. The molecule has 5 N–H and O–H groups in total. The largest absolute Gasteiger partial charge is 0.430 e. The summed E-state index contributed by atoms with van der Waals surface area (Å²) in [6, 6.07) is 8.30. The minimum absolute atomic E-state index is 0. The van der Waals surface area contributed by atoms with E-state index in [1.54, 1.807) is 17.2 Å². The number of carbonyl (C=O) groups excluding carboxylic acids is 1. The Morgan fingerprint density at radius 3 is 2.33 bits per heavy atom. The number of benzene rings is 1. The molecule has 3 aromatic rings. The number of nitrogens with two attached hydrogens (primary N) is 1. The highest BCUT2D eigenvalue weighted by atomic mass is 35.5. The number of piperidine rings is 1. The van der Waals surface area contributed by atoms with Gasteiger partial charge in [0.25, 0.3) is 0 Å². The van der Waals surface area contributed by atoms with Gasteiger partial charge in [-0.3, -0.25) is 5.32 Å². The lowest BCUT2D eigenvalue weighted by Gasteiger charge is -2.31. The Kier molecular flexibility index (Phi) is 11.4. The number of carbonyl (C=O) groups is 1. The van der Waals surface area contributed by atoms with Gasteiger partial charge < -0.3 is 25.8 Å². The fraction of sp³-hybridized carbons (Fsp3) is 0.571. The van der Waals surface area contributed by atoms with E-state index in [0.717, 1.165) is 68.3 Å². The number of nitrogens with one attached hydrogen (secondary N) is 3. The molecule has 1 saturated heterocycles. The van der Waals surface area contributed by atoms with Crippen LogP contribution in [-0.4, -0.2) is 61.9 Å². The van der Waals surface area contributed by atoms with Gasteiger partial charge in [-0.1, -0.05) is 36.6 Å². The highest BCUT2D eigenvalue weighted by Gasteiger charge is 2.27.